The molecule has 0 spiro atoms. The highest BCUT2D eigenvalue weighted by atomic mass is 35.5. The summed E-state index contributed by atoms with van der Waals surface area (Å²) in [6.45, 7) is 0. The summed E-state index contributed by atoms with van der Waals surface area (Å²) in [4.78, 5) is 22.8. The standard InChI is InChI=1S/C18H15ClN4O5/c1-27-16-6-4-13(23(25)26)8-14(16)21-10-11(9-20)18(24)22-15-7-12(19)3-5-17(15)28-2/h3-8,10,21H,1-2H3,(H,22,24)/b11-10-. The van der Waals surface area contributed by atoms with Gasteiger partial charge in [-0.1, -0.05) is 11.6 Å². The number of rotatable bonds is 7. The number of halogens is 1. The molecule has 2 N–H and O–H groups in total. The number of hydrogen-bond acceptors (Lipinski definition) is 7. The van der Waals surface area contributed by atoms with Crippen LogP contribution in [-0.2, 0) is 4.79 Å². The van der Waals surface area contributed by atoms with E-state index in [1.165, 1.54) is 38.5 Å². The maximum Gasteiger partial charge on any atom is 0.271 e. The largest absolute Gasteiger partial charge is 0.495 e. The van der Waals surface area contributed by atoms with Crippen LogP contribution in [0.25, 0.3) is 0 Å². The lowest BCUT2D eigenvalue weighted by atomic mass is 10.2. The second-order valence-electron chi connectivity index (χ2n) is 5.25. The predicted octanol–water partition coefficient (Wildman–Crippen LogP) is 3.72. The van der Waals surface area contributed by atoms with E-state index >= 15 is 0 Å². The maximum atomic E-state index is 12.4. The second-order valence-corrected chi connectivity index (χ2v) is 5.69. The van der Waals surface area contributed by atoms with Crippen molar-refractivity contribution >= 4 is 34.6 Å². The molecule has 10 heteroatoms. The minimum Gasteiger partial charge on any atom is -0.495 e. The third kappa shape index (κ3) is 4.90. The molecule has 0 aliphatic carbocycles. The summed E-state index contributed by atoms with van der Waals surface area (Å²) in [7, 11) is 2.81. The van der Waals surface area contributed by atoms with Crippen LogP contribution in [0.1, 0.15) is 0 Å². The SMILES string of the molecule is COc1ccc([N+](=O)[O-])cc1N/C=C(/C#N)C(=O)Nc1cc(Cl)ccc1OC. The van der Waals surface area contributed by atoms with E-state index < -0.39 is 10.8 Å². The van der Waals surface area contributed by atoms with Crippen LogP contribution in [0.15, 0.2) is 48.2 Å². The minimum atomic E-state index is -0.722. The molecule has 0 saturated carbocycles. The number of carbonyl (C=O) groups excluding carboxylic acids is 1. The molecule has 0 aromatic heterocycles. The molecule has 1 amide bonds. The molecule has 0 unspecified atom stereocenters. The number of non-ortho nitro benzene ring substituents is 1. The van der Waals surface area contributed by atoms with Crippen LogP contribution in [0.3, 0.4) is 0 Å². The smallest absolute Gasteiger partial charge is 0.271 e. The fourth-order valence-electron chi connectivity index (χ4n) is 2.19. The molecule has 0 saturated heterocycles. The Kier molecular flexibility index (Phi) is 6.79. The molecular weight excluding hydrogens is 388 g/mol. The Labute approximate surface area is 165 Å². The molecule has 0 atom stereocenters. The third-order valence-corrected chi connectivity index (χ3v) is 3.78. The lowest BCUT2D eigenvalue weighted by Crippen LogP contribution is -2.15. The Morgan fingerprint density at radius 1 is 1.18 bits per heavy atom. The number of hydrogen-bond donors (Lipinski definition) is 2. The summed E-state index contributed by atoms with van der Waals surface area (Å²) in [5.41, 5.74) is 0.0468. The first-order valence-electron chi connectivity index (χ1n) is 7.73. The highest BCUT2D eigenvalue weighted by molar-refractivity contribution is 6.31. The molecule has 144 valence electrons. The lowest BCUT2D eigenvalue weighted by molar-refractivity contribution is -0.384. The number of nitrogens with one attached hydrogen (secondary N) is 2. The Hall–Kier alpha value is -3.77. The topological polar surface area (TPSA) is 127 Å². The summed E-state index contributed by atoms with van der Waals surface area (Å²) in [6.07, 6.45) is 1.12. The third-order valence-electron chi connectivity index (χ3n) is 3.54. The number of nitro benzene ring substituents is 1. The monoisotopic (exact) mass is 402 g/mol. The van der Waals surface area contributed by atoms with Crippen LogP contribution < -0.4 is 20.1 Å². The molecule has 2 aromatic rings. The highest BCUT2D eigenvalue weighted by Gasteiger charge is 2.15. The fourth-order valence-corrected chi connectivity index (χ4v) is 2.36. The van der Waals surface area contributed by atoms with Crippen LogP contribution in [-0.4, -0.2) is 25.1 Å². The van der Waals surface area contributed by atoms with Crippen molar-refractivity contribution in [1.29, 1.82) is 5.26 Å². The number of nitrogens with zero attached hydrogens (tertiary/aromatic N) is 2. The van der Waals surface area contributed by atoms with Gasteiger partial charge in [-0.25, -0.2) is 0 Å². The Morgan fingerprint density at radius 2 is 1.82 bits per heavy atom. The van der Waals surface area contributed by atoms with Gasteiger partial charge in [-0.3, -0.25) is 14.9 Å². The van der Waals surface area contributed by atoms with Gasteiger partial charge < -0.3 is 20.1 Å². The summed E-state index contributed by atoms with van der Waals surface area (Å²) in [6, 6.07) is 10.3. The number of nitriles is 1. The van der Waals surface area contributed by atoms with Crippen LogP contribution in [0.5, 0.6) is 11.5 Å². The Morgan fingerprint density at radius 3 is 2.43 bits per heavy atom. The highest BCUT2D eigenvalue weighted by Crippen LogP contribution is 2.30. The average molecular weight is 403 g/mol. The number of amides is 1. The van der Waals surface area contributed by atoms with Gasteiger partial charge >= 0.3 is 0 Å². The van der Waals surface area contributed by atoms with Crippen molar-refractivity contribution in [1.82, 2.24) is 0 Å². The second kappa shape index (κ2) is 9.25. The van der Waals surface area contributed by atoms with Crippen LogP contribution >= 0.6 is 11.6 Å². The van der Waals surface area contributed by atoms with Crippen molar-refractivity contribution in [2.45, 2.75) is 0 Å². The van der Waals surface area contributed by atoms with Crippen molar-refractivity contribution in [2.24, 2.45) is 0 Å². The fraction of sp³-hybridized carbons (Fsp3) is 0.111. The van der Waals surface area contributed by atoms with E-state index in [-0.39, 0.29) is 22.6 Å². The van der Waals surface area contributed by atoms with Crippen LogP contribution in [0.4, 0.5) is 17.1 Å². The zero-order valence-electron chi connectivity index (χ0n) is 14.9. The minimum absolute atomic E-state index is 0.177. The van der Waals surface area contributed by atoms with E-state index in [0.29, 0.717) is 16.5 Å². The summed E-state index contributed by atoms with van der Waals surface area (Å²) >= 11 is 5.92. The zero-order valence-corrected chi connectivity index (χ0v) is 15.6. The molecule has 9 nitrogen and oxygen atoms in total. The molecule has 2 rings (SSSR count). The number of anilines is 2. The van der Waals surface area contributed by atoms with E-state index in [2.05, 4.69) is 10.6 Å². The number of nitro groups is 1. The van der Waals surface area contributed by atoms with Gasteiger partial charge in [-0.2, -0.15) is 5.26 Å². The van der Waals surface area contributed by atoms with Gasteiger partial charge in [0.15, 0.2) is 0 Å². The first-order chi connectivity index (χ1) is 13.4. The van der Waals surface area contributed by atoms with Gasteiger partial charge in [0.05, 0.1) is 30.5 Å². The van der Waals surface area contributed by atoms with E-state index in [9.17, 15) is 20.2 Å². The summed E-state index contributed by atoms with van der Waals surface area (Å²) in [5.74, 6) is -0.0561. The first kappa shape index (κ1) is 20.5. The van der Waals surface area contributed by atoms with Crippen molar-refractivity contribution in [3.8, 4) is 17.6 Å². The van der Waals surface area contributed by atoms with Crippen LogP contribution in [0, 0.1) is 21.4 Å². The molecular formula is C18H15ClN4O5. The number of methoxy groups -OCH3 is 2. The number of benzene rings is 2. The molecule has 0 bridgehead atoms. The van der Waals surface area contributed by atoms with Crippen LogP contribution in [0.2, 0.25) is 5.02 Å². The van der Waals surface area contributed by atoms with E-state index in [4.69, 9.17) is 21.1 Å². The van der Waals surface area contributed by atoms with Crippen molar-refractivity contribution in [3.63, 3.8) is 0 Å². The molecule has 28 heavy (non-hydrogen) atoms. The van der Waals surface area contributed by atoms with Crippen molar-refractivity contribution < 1.29 is 19.2 Å². The lowest BCUT2D eigenvalue weighted by Gasteiger charge is -2.11. The summed E-state index contributed by atoms with van der Waals surface area (Å²) in [5, 5.41) is 25.8. The van der Waals surface area contributed by atoms with Gasteiger partial charge in [0.25, 0.3) is 11.6 Å². The van der Waals surface area contributed by atoms with Gasteiger partial charge in [-0.05, 0) is 24.3 Å². The molecule has 2 aromatic carbocycles. The van der Waals surface area contributed by atoms with Crippen molar-refractivity contribution in [3.05, 3.63) is 63.3 Å². The van der Waals surface area contributed by atoms with Gasteiger partial charge in [0, 0.05) is 23.4 Å². The quantitative estimate of drug-likeness (QED) is 0.312. The normalized spacial score (nSPS) is 10.6. The molecule has 0 fully saturated rings. The zero-order chi connectivity index (χ0) is 20.7. The number of carbonyl (C=O) groups is 1. The molecule has 0 radical (unpaired) electrons. The van der Waals surface area contributed by atoms with Gasteiger partial charge in [0.2, 0.25) is 0 Å². The molecule has 0 aliphatic heterocycles. The molecule has 0 aliphatic rings. The maximum absolute atomic E-state index is 12.4. The Bertz CT molecular complexity index is 984. The summed E-state index contributed by atoms with van der Waals surface area (Å²) < 4.78 is 10.3. The first-order valence-corrected chi connectivity index (χ1v) is 8.11. The Balaban J connectivity index is 2.26. The average Bonchev–Trinajstić information content (AvgIpc) is 2.68. The van der Waals surface area contributed by atoms with Gasteiger partial charge in [-0.15, -0.1) is 0 Å². The van der Waals surface area contributed by atoms with Crippen molar-refractivity contribution in [2.75, 3.05) is 24.9 Å². The molecule has 0 heterocycles. The number of ether oxygens (including phenoxy) is 2. The van der Waals surface area contributed by atoms with Gasteiger partial charge in [0.1, 0.15) is 23.1 Å². The van der Waals surface area contributed by atoms with E-state index in [1.54, 1.807) is 18.2 Å². The van der Waals surface area contributed by atoms with E-state index in [1.807, 2.05) is 0 Å². The predicted molar refractivity (Wildman–Crippen MR) is 104 cm³/mol. The van der Waals surface area contributed by atoms with E-state index in [0.717, 1.165) is 6.20 Å².